The van der Waals surface area contributed by atoms with E-state index in [2.05, 4.69) is 5.32 Å². The largest absolute Gasteiger partial charge is 0.481 e. The molecule has 0 radical (unpaired) electrons. The molecule has 1 atom stereocenters. The molecule has 2 N–H and O–H groups in total. The van der Waals surface area contributed by atoms with Crippen molar-refractivity contribution in [3.8, 4) is 0 Å². The Hall–Kier alpha value is -1.93. The topological polar surface area (TPSA) is 104 Å². The number of hydrogen-bond acceptors (Lipinski definition) is 4. The fourth-order valence-corrected chi connectivity index (χ4v) is 4.02. The van der Waals surface area contributed by atoms with Crippen molar-refractivity contribution in [1.29, 1.82) is 0 Å². The number of aliphatic carboxylic acids is 1. The van der Waals surface area contributed by atoms with Crippen LogP contribution in [0.4, 0.5) is 5.69 Å². The maximum absolute atomic E-state index is 12.4. The van der Waals surface area contributed by atoms with Crippen molar-refractivity contribution in [3.05, 3.63) is 29.8 Å². The summed E-state index contributed by atoms with van der Waals surface area (Å²) < 4.78 is 25.4. The third kappa shape index (κ3) is 5.54. The minimum Gasteiger partial charge on any atom is -0.481 e. The van der Waals surface area contributed by atoms with E-state index in [0.29, 0.717) is 31.5 Å². The van der Waals surface area contributed by atoms with Crippen molar-refractivity contribution in [2.24, 2.45) is 5.92 Å². The van der Waals surface area contributed by atoms with Crippen LogP contribution >= 0.6 is 0 Å². The van der Waals surface area contributed by atoms with Crippen LogP contribution in [0.25, 0.3) is 0 Å². The lowest BCUT2D eigenvalue weighted by molar-refractivity contribution is -0.137. The van der Waals surface area contributed by atoms with Gasteiger partial charge in [-0.25, -0.2) is 12.7 Å². The summed E-state index contributed by atoms with van der Waals surface area (Å²) in [7, 11) is -3.27. The van der Waals surface area contributed by atoms with Crippen molar-refractivity contribution in [1.82, 2.24) is 4.31 Å². The van der Waals surface area contributed by atoms with Gasteiger partial charge in [0, 0.05) is 25.2 Å². The van der Waals surface area contributed by atoms with Gasteiger partial charge in [-0.2, -0.15) is 0 Å². The van der Waals surface area contributed by atoms with E-state index in [9.17, 15) is 18.0 Å². The Labute approximate surface area is 148 Å². The van der Waals surface area contributed by atoms with Crippen LogP contribution < -0.4 is 5.32 Å². The van der Waals surface area contributed by atoms with Gasteiger partial charge in [0.2, 0.25) is 15.9 Å². The van der Waals surface area contributed by atoms with Crippen molar-refractivity contribution < 1.29 is 23.1 Å². The summed E-state index contributed by atoms with van der Waals surface area (Å²) in [5.41, 5.74) is 1.51. The monoisotopic (exact) mass is 368 g/mol. The fourth-order valence-electron chi connectivity index (χ4n) is 2.84. The molecule has 0 saturated carbocycles. The number of piperidine rings is 1. The molecule has 0 aliphatic carbocycles. The molecule has 0 aromatic heterocycles. The highest BCUT2D eigenvalue weighted by molar-refractivity contribution is 7.89. The number of nitrogens with zero attached hydrogens (tertiary/aromatic N) is 1. The quantitative estimate of drug-likeness (QED) is 0.762. The van der Waals surface area contributed by atoms with E-state index >= 15 is 0 Å². The number of carboxylic acids is 1. The fraction of sp³-hybridized carbons (Fsp3) is 0.529. The Kier molecular flexibility index (Phi) is 6.55. The highest BCUT2D eigenvalue weighted by Crippen LogP contribution is 2.21. The first-order chi connectivity index (χ1) is 11.8. The number of aryl methyl sites for hydroxylation is 1. The first-order valence-corrected chi connectivity index (χ1v) is 10.0. The first-order valence-electron chi connectivity index (χ1n) is 8.41. The van der Waals surface area contributed by atoms with Gasteiger partial charge >= 0.3 is 5.97 Å². The van der Waals surface area contributed by atoms with Gasteiger partial charge in [-0.05, 0) is 43.9 Å². The number of carbonyl (C=O) groups is 2. The molecular formula is C17H24N2O5S. The number of benzene rings is 1. The van der Waals surface area contributed by atoms with Gasteiger partial charge in [-0.3, -0.25) is 9.59 Å². The lowest BCUT2D eigenvalue weighted by atomic mass is 9.98. The van der Waals surface area contributed by atoms with Gasteiger partial charge < -0.3 is 10.4 Å². The number of nitrogens with one attached hydrogen (secondary N) is 1. The predicted octanol–water partition coefficient (Wildman–Crippen LogP) is 1.70. The smallest absolute Gasteiger partial charge is 0.303 e. The molecule has 1 aliphatic heterocycles. The third-order valence-corrected chi connectivity index (χ3v) is 6.21. The lowest BCUT2D eigenvalue weighted by Crippen LogP contribution is -2.44. The third-order valence-electron chi connectivity index (χ3n) is 4.36. The van der Waals surface area contributed by atoms with Crippen LogP contribution in [0.15, 0.2) is 24.3 Å². The molecule has 1 aromatic rings. The zero-order chi connectivity index (χ0) is 18.4. The number of amides is 1. The summed E-state index contributed by atoms with van der Waals surface area (Å²) in [4.78, 5) is 23.0. The average Bonchev–Trinajstić information content (AvgIpc) is 2.61. The van der Waals surface area contributed by atoms with Crippen LogP contribution in [0, 0.1) is 5.92 Å². The molecule has 1 saturated heterocycles. The zero-order valence-electron chi connectivity index (χ0n) is 14.3. The highest BCUT2D eigenvalue weighted by Gasteiger charge is 2.31. The van der Waals surface area contributed by atoms with Crippen LogP contribution in [0.5, 0.6) is 0 Å². The first kappa shape index (κ1) is 19.4. The van der Waals surface area contributed by atoms with E-state index in [-0.39, 0.29) is 30.5 Å². The van der Waals surface area contributed by atoms with Crippen molar-refractivity contribution in [2.75, 3.05) is 24.2 Å². The summed E-state index contributed by atoms with van der Waals surface area (Å²) >= 11 is 0. The number of sulfonamides is 1. The molecule has 25 heavy (non-hydrogen) atoms. The maximum Gasteiger partial charge on any atom is 0.303 e. The van der Waals surface area contributed by atoms with Crippen LogP contribution in [0.3, 0.4) is 0 Å². The zero-order valence-corrected chi connectivity index (χ0v) is 15.1. The number of hydrogen-bond donors (Lipinski definition) is 2. The Bertz CT molecular complexity index is 715. The van der Waals surface area contributed by atoms with Crippen LogP contribution in [0.1, 0.15) is 31.7 Å². The summed E-state index contributed by atoms with van der Waals surface area (Å²) in [5.74, 6) is -1.35. The molecule has 138 valence electrons. The van der Waals surface area contributed by atoms with Crippen molar-refractivity contribution in [3.63, 3.8) is 0 Å². The lowest BCUT2D eigenvalue weighted by Gasteiger charge is -2.30. The van der Waals surface area contributed by atoms with E-state index in [1.165, 1.54) is 4.31 Å². The second-order valence-electron chi connectivity index (χ2n) is 6.18. The molecule has 1 aliphatic rings. The molecule has 2 rings (SSSR count). The van der Waals surface area contributed by atoms with Crippen molar-refractivity contribution >= 4 is 27.6 Å². The molecule has 8 heteroatoms. The minimum atomic E-state index is -3.27. The van der Waals surface area contributed by atoms with E-state index < -0.39 is 16.0 Å². The second-order valence-corrected chi connectivity index (χ2v) is 8.44. The van der Waals surface area contributed by atoms with Crippen LogP contribution in [-0.4, -0.2) is 48.5 Å². The molecule has 1 heterocycles. The summed E-state index contributed by atoms with van der Waals surface area (Å²) in [5, 5.41) is 11.5. The normalized spacial score (nSPS) is 18.7. The number of carboxylic acid groups (broad SMARTS) is 1. The standard InChI is InChI=1S/C17H24N2O5S/c1-2-25(23,24)19-11-3-4-14(12-19)17(22)18-15-8-5-13(6-9-15)7-10-16(20)21/h5-6,8-9,14H,2-4,7,10-12H2,1H3,(H,18,22)(H,20,21). The summed E-state index contributed by atoms with van der Waals surface area (Å²) in [6.07, 6.45) is 1.84. The Morgan fingerprint density at radius 2 is 1.96 bits per heavy atom. The summed E-state index contributed by atoms with van der Waals surface area (Å²) in [6.45, 7) is 2.29. The predicted molar refractivity (Wildman–Crippen MR) is 94.8 cm³/mol. The second kappa shape index (κ2) is 8.44. The molecule has 1 aromatic carbocycles. The van der Waals surface area contributed by atoms with Crippen LogP contribution in [-0.2, 0) is 26.0 Å². The molecule has 1 fully saturated rings. The van der Waals surface area contributed by atoms with Gasteiger partial charge in [0.25, 0.3) is 0 Å². The molecule has 1 unspecified atom stereocenters. The number of anilines is 1. The summed E-state index contributed by atoms with van der Waals surface area (Å²) in [6, 6.07) is 7.04. The average molecular weight is 368 g/mol. The van der Waals surface area contributed by atoms with Crippen LogP contribution in [0.2, 0.25) is 0 Å². The maximum atomic E-state index is 12.4. The van der Waals surface area contributed by atoms with Gasteiger partial charge in [0.05, 0.1) is 11.7 Å². The number of rotatable bonds is 7. The highest BCUT2D eigenvalue weighted by atomic mass is 32.2. The van der Waals surface area contributed by atoms with E-state index in [0.717, 1.165) is 5.56 Å². The molecule has 0 spiro atoms. The Morgan fingerprint density at radius 3 is 2.56 bits per heavy atom. The van der Waals surface area contributed by atoms with Gasteiger partial charge in [-0.1, -0.05) is 12.1 Å². The minimum absolute atomic E-state index is 0.0408. The van der Waals surface area contributed by atoms with E-state index in [1.807, 2.05) is 0 Å². The SMILES string of the molecule is CCS(=O)(=O)N1CCCC(C(=O)Nc2ccc(CCC(=O)O)cc2)C1. The molecule has 1 amide bonds. The van der Waals surface area contributed by atoms with Gasteiger partial charge in [0.1, 0.15) is 0 Å². The van der Waals surface area contributed by atoms with Crippen molar-refractivity contribution in [2.45, 2.75) is 32.6 Å². The Balaban J connectivity index is 1.94. The molecule has 7 nitrogen and oxygen atoms in total. The molecule has 0 bridgehead atoms. The number of carbonyl (C=O) groups excluding carboxylic acids is 1. The van der Waals surface area contributed by atoms with Gasteiger partial charge in [-0.15, -0.1) is 0 Å². The Morgan fingerprint density at radius 1 is 1.28 bits per heavy atom. The van der Waals surface area contributed by atoms with Gasteiger partial charge in [0.15, 0.2) is 0 Å². The van der Waals surface area contributed by atoms with E-state index in [1.54, 1.807) is 31.2 Å². The van der Waals surface area contributed by atoms with E-state index in [4.69, 9.17) is 5.11 Å². The molecular weight excluding hydrogens is 344 g/mol.